The number of hydrogen-bond acceptors (Lipinski definition) is 10. The average molecular weight is 661 g/mol. The molecule has 14 bridgehead atoms. The van der Waals surface area contributed by atoms with Gasteiger partial charge in [-0.1, -0.05) is 18.2 Å². The smallest absolute Gasteiger partial charge is 0.251 e. The highest BCUT2D eigenvalue weighted by atomic mass is 16.1. The third-order valence-electron chi connectivity index (χ3n) is 8.78. The van der Waals surface area contributed by atoms with E-state index in [1.54, 1.807) is 0 Å². The number of hydrogen-bond donors (Lipinski definition) is 2. The molecular weight excluding hydrogens is 624 g/mol. The highest BCUT2D eigenvalue weighted by Gasteiger charge is 2.19. The van der Waals surface area contributed by atoms with E-state index in [0.29, 0.717) is 69.3 Å². The van der Waals surface area contributed by atoms with Crippen molar-refractivity contribution in [1.29, 1.82) is 0 Å². The van der Waals surface area contributed by atoms with Crippen LogP contribution in [-0.4, -0.2) is 58.7 Å². The van der Waals surface area contributed by atoms with Crippen molar-refractivity contribution in [2.45, 2.75) is 39.3 Å². The number of rotatable bonds is 3. The standard InChI is InChI=1S/C39H36N10O/c40-12-15-43-39(50)28-18-32-25-49-23-30-4-1-7-33(44-30)36-16-26(10-13-41-36)20-48(22-29-6-3-9-35(46-29)38(19-28)47-32)21-27-11-14-42-37(17-27)34-8-2-5-31(24-49)45-34/h1-11,13-14,16-19H,12,15,20-25,40H2,(H,43,50). The van der Waals surface area contributed by atoms with Gasteiger partial charge in [0.15, 0.2) is 0 Å². The molecule has 0 aromatic carbocycles. The quantitative estimate of drug-likeness (QED) is 0.273. The second kappa shape index (κ2) is 14.0. The summed E-state index contributed by atoms with van der Waals surface area (Å²) in [6, 6.07) is 30.2. The molecule has 0 fully saturated rings. The molecule has 0 saturated carbocycles. The summed E-state index contributed by atoms with van der Waals surface area (Å²) in [5.41, 5.74) is 16.4. The Bertz CT molecular complexity index is 2090. The van der Waals surface area contributed by atoms with E-state index < -0.39 is 0 Å². The van der Waals surface area contributed by atoms with Crippen LogP contribution in [0.2, 0.25) is 0 Å². The first-order valence-corrected chi connectivity index (χ1v) is 16.8. The second-order valence-electron chi connectivity index (χ2n) is 12.7. The number of nitrogens with zero attached hydrogens (tertiary/aromatic N) is 8. The lowest BCUT2D eigenvalue weighted by Crippen LogP contribution is -2.29. The molecule has 3 aliphatic rings. The van der Waals surface area contributed by atoms with Crippen LogP contribution >= 0.6 is 0 Å². The molecule has 0 atom stereocenters. The molecule has 11 heteroatoms. The van der Waals surface area contributed by atoms with E-state index in [4.69, 9.17) is 35.6 Å². The van der Waals surface area contributed by atoms with Crippen LogP contribution in [0.25, 0.3) is 34.2 Å². The zero-order valence-electron chi connectivity index (χ0n) is 27.5. The van der Waals surface area contributed by atoms with Crippen LogP contribution in [0.4, 0.5) is 0 Å². The molecule has 9 heterocycles. The van der Waals surface area contributed by atoms with E-state index in [9.17, 15) is 4.79 Å². The first-order chi connectivity index (χ1) is 24.5. The Labute approximate surface area is 290 Å². The van der Waals surface area contributed by atoms with E-state index >= 15 is 0 Å². The second-order valence-corrected chi connectivity index (χ2v) is 12.7. The lowest BCUT2D eigenvalue weighted by molar-refractivity contribution is 0.0954. The minimum Gasteiger partial charge on any atom is -0.351 e. The number of pyridine rings is 6. The highest BCUT2D eigenvalue weighted by molar-refractivity contribution is 5.95. The predicted octanol–water partition coefficient (Wildman–Crippen LogP) is 4.78. The molecule has 3 N–H and O–H groups in total. The lowest BCUT2D eigenvalue weighted by atomic mass is 10.1. The summed E-state index contributed by atoms with van der Waals surface area (Å²) < 4.78 is 0. The zero-order chi connectivity index (χ0) is 33.9. The van der Waals surface area contributed by atoms with Crippen molar-refractivity contribution in [3.8, 4) is 34.2 Å². The van der Waals surface area contributed by atoms with E-state index in [1.807, 2.05) is 79.1 Å². The van der Waals surface area contributed by atoms with Gasteiger partial charge in [0.1, 0.15) is 0 Å². The normalized spacial score (nSPS) is 16.7. The molecule has 0 saturated heterocycles. The van der Waals surface area contributed by atoms with E-state index in [2.05, 4.69) is 39.4 Å². The Morgan fingerprint density at radius 2 is 1.04 bits per heavy atom. The Kier molecular flexibility index (Phi) is 8.83. The Hall–Kier alpha value is -5.75. The molecule has 0 unspecified atom stereocenters. The van der Waals surface area contributed by atoms with Gasteiger partial charge in [-0.15, -0.1) is 0 Å². The van der Waals surface area contributed by atoms with Gasteiger partial charge in [-0.25, -0.2) is 19.9 Å². The Morgan fingerprint density at radius 3 is 1.58 bits per heavy atom. The molecule has 0 radical (unpaired) electrons. The maximum Gasteiger partial charge on any atom is 0.251 e. The third kappa shape index (κ3) is 7.15. The average Bonchev–Trinajstić information content (AvgIpc) is 3.13. The van der Waals surface area contributed by atoms with Gasteiger partial charge in [0.25, 0.3) is 5.91 Å². The van der Waals surface area contributed by atoms with Gasteiger partial charge in [-0.05, 0) is 83.9 Å². The first-order valence-electron chi connectivity index (χ1n) is 16.8. The Morgan fingerprint density at radius 1 is 0.560 bits per heavy atom. The van der Waals surface area contributed by atoms with Gasteiger partial charge >= 0.3 is 0 Å². The van der Waals surface area contributed by atoms with Crippen LogP contribution in [0.1, 0.15) is 44.3 Å². The van der Waals surface area contributed by atoms with Gasteiger partial charge in [0.05, 0.1) is 56.9 Å². The van der Waals surface area contributed by atoms with Crippen molar-refractivity contribution in [3.05, 3.63) is 143 Å². The van der Waals surface area contributed by atoms with Crippen molar-refractivity contribution in [3.63, 3.8) is 0 Å². The minimum absolute atomic E-state index is 0.204. The molecule has 50 heavy (non-hydrogen) atoms. The number of carbonyl (C=O) groups is 1. The van der Waals surface area contributed by atoms with Crippen LogP contribution in [0, 0.1) is 0 Å². The summed E-state index contributed by atoms with van der Waals surface area (Å²) >= 11 is 0. The summed E-state index contributed by atoms with van der Waals surface area (Å²) in [6.07, 6.45) is 3.72. The van der Waals surface area contributed by atoms with Gasteiger partial charge in [0, 0.05) is 70.3 Å². The molecule has 6 aromatic rings. The number of nitrogens with one attached hydrogen (secondary N) is 1. The highest BCUT2D eigenvalue weighted by Crippen LogP contribution is 2.25. The molecule has 1 amide bonds. The van der Waals surface area contributed by atoms with Crippen LogP contribution in [0.3, 0.4) is 0 Å². The van der Waals surface area contributed by atoms with Gasteiger partial charge in [-0.2, -0.15) is 0 Å². The first kappa shape index (κ1) is 31.5. The molecular formula is C39H36N10O. The lowest BCUT2D eigenvalue weighted by Gasteiger charge is -2.24. The van der Waals surface area contributed by atoms with Crippen LogP contribution < -0.4 is 11.1 Å². The molecule has 11 nitrogen and oxygen atoms in total. The fraction of sp³-hybridized carbons (Fsp3) is 0.205. The summed E-state index contributed by atoms with van der Waals surface area (Å²) in [6.45, 7) is 4.05. The summed E-state index contributed by atoms with van der Waals surface area (Å²) in [5, 5.41) is 2.92. The number of nitrogens with two attached hydrogens (primary N) is 1. The van der Waals surface area contributed by atoms with Crippen LogP contribution in [-0.2, 0) is 39.3 Å². The topological polar surface area (TPSA) is 139 Å². The van der Waals surface area contributed by atoms with Crippen LogP contribution in [0.15, 0.2) is 103 Å². The molecule has 9 rings (SSSR count). The SMILES string of the molecule is NCCNC(=O)c1cc2nc(c1)-c1cccc(n1)CN1Cc3ccnc(c3)-c3cccc(n3)CN(Cc3cccc(n3)-c3cc(ccn3)C1)C2. The number of aromatic nitrogens is 6. The zero-order valence-corrected chi connectivity index (χ0v) is 27.5. The van der Waals surface area contributed by atoms with Crippen molar-refractivity contribution in [2.24, 2.45) is 5.73 Å². The molecule has 248 valence electrons. The van der Waals surface area contributed by atoms with Crippen LogP contribution in [0.5, 0.6) is 0 Å². The summed E-state index contributed by atoms with van der Waals surface area (Å²) in [7, 11) is 0. The van der Waals surface area contributed by atoms with Gasteiger partial charge < -0.3 is 11.1 Å². The predicted molar refractivity (Wildman–Crippen MR) is 190 cm³/mol. The van der Waals surface area contributed by atoms with Gasteiger partial charge in [-0.3, -0.25) is 24.6 Å². The maximum absolute atomic E-state index is 13.3. The fourth-order valence-corrected chi connectivity index (χ4v) is 6.54. The van der Waals surface area contributed by atoms with Crippen molar-refractivity contribution in [2.75, 3.05) is 13.1 Å². The molecule has 6 aromatic heterocycles. The van der Waals surface area contributed by atoms with E-state index in [-0.39, 0.29) is 5.91 Å². The molecule has 3 aliphatic heterocycles. The Balaban J connectivity index is 1.34. The molecule has 0 spiro atoms. The minimum atomic E-state index is -0.204. The van der Waals surface area contributed by atoms with E-state index in [1.165, 1.54) is 0 Å². The summed E-state index contributed by atoms with van der Waals surface area (Å²) in [4.78, 5) is 47.7. The maximum atomic E-state index is 13.3. The number of amides is 1. The molecule has 0 aliphatic carbocycles. The van der Waals surface area contributed by atoms with Crippen molar-refractivity contribution in [1.82, 2.24) is 45.0 Å². The van der Waals surface area contributed by atoms with Crippen molar-refractivity contribution >= 4 is 5.91 Å². The summed E-state index contributed by atoms with van der Waals surface area (Å²) in [5.74, 6) is -0.204. The third-order valence-corrected chi connectivity index (χ3v) is 8.78. The van der Waals surface area contributed by atoms with Crippen molar-refractivity contribution < 1.29 is 4.79 Å². The fourth-order valence-electron chi connectivity index (χ4n) is 6.54. The van der Waals surface area contributed by atoms with E-state index in [0.717, 1.165) is 56.7 Å². The number of carbonyl (C=O) groups excluding carboxylic acids is 1. The monoisotopic (exact) mass is 660 g/mol. The largest absolute Gasteiger partial charge is 0.351 e. The van der Waals surface area contributed by atoms with Gasteiger partial charge in [0.2, 0.25) is 0 Å².